The minimum Gasteiger partial charge on any atom is -0.264 e. The monoisotopic (exact) mass is 315 g/mol. The number of benzene rings is 2. The van der Waals surface area contributed by atoms with E-state index in [2.05, 4.69) is 81.2 Å². The molecule has 3 aromatic rings. The predicted molar refractivity (Wildman–Crippen MR) is 103 cm³/mol. The van der Waals surface area contributed by atoms with Crippen LogP contribution in [-0.4, -0.2) is 4.98 Å². The third kappa shape index (κ3) is 3.26. The van der Waals surface area contributed by atoms with Crippen molar-refractivity contribution in [2.45, 2.75) is 39.5 Å². The molecule has 0 aliphatic heterocycles. The largest absolute Gasteiger partial charge is 0.264 e. The van der Waals surface area contributed by atoms with Crippen molar-refractivity contribution in [1.82, 2.24) is 4.98 Å². The molecule has 0 atom stereocenters. The maximum atomic E-state index is 4.35. The van der Waals surface area contributed by atoms with E-state index in [0.717, 1.165) is 0 Å². The van der Waals surface area contributed by atoms with Crippen molar-refractivity contribution in [3.05, 3.63) is 78.1 Å². The number of pyridine rings is 1. The Labute approximate surface area is 145 Å². The summed E-state index contributed by atoms with van der Waals surface area (Å²) < 4.78 is 0. The second-order valence-electron chi connectivity index (χ2n) is 6.94. The molecular formula is C23H25N. The maximum Gasteiger partial charge on any atom is 0.0352 e. The van der Waals surface area contributed by atoms with Crippen molar-refractivity contribution in [2.24, 2.45) is 0 Å². The average Bonchev–Trinajstić information content (AvgIpc) is 2.62. The molecule has 1 heteroatoms. The fourth-order valence-electron chi connectivity index (χ4n) is 3.26. The van der Waals surface area contributed by atoms with E-state index in [-0.39, 0.29) is 0 Å². The van der Waals surface area contributed by atoms with Crippen LogP contribution in [0.15, 0.2) is 67.0 Å². The summed E-state index contributed by atoms with van der Waals surface area (Å²) in [6.45, 7) is 9.08. The standard InChI is InChI=1S/C23H25N/c1-16(2)20-11-10-19(14-22(20)17(3)4)21-12-13-24-15-23(21)18-8-6-5-7-9-18/h5-17H,1-4H3. The van der Waals surface area contributed by atoms with Crippen molar-refractivity contribution < 1.29 is 0 Å². The number of rotatable bonds is 4. The zero-order valence-corrected chi connectivity index (χ0v) is 15.0. The molecule has 122 valence electrons. The number of hydrogen-bond acceptors (Lipinski definition) is 1. The smallest absolute Gasteiger partial charge is 0.0352 e. The highest BCUT2D eigenvalue weighted by Crippen LogP contribution is 2.35. The lowest BCUT2D eigenvalue weighted by Gasteiger charge is -2.18. The van der Waals surface area contributed by atoms with Crippen LogP contribution in [0.4, 0.5) is 0 Å². The molecule has 0 aliphatic rings. The topological polar surface area (TPSA) is 12.9 Å². The van der Waals surface area contributed by atoms with E-state index in [1.165, 1.54) is 33.4 Å². The van der Waals surface area contributed by atoms with Gasteiger partial charge in [0.05, 0.1) is 0 Å². The molecule has 0 saturated carbocycles. The van der Waals surface area contributed by atoms with Crippen LogP contribution in [0.1, 0.15) is 50.7 Å². The van der Waals surface area contributed by atoms with Gasteiger partial charge in [-0.25, -0.2) is 0 Å². The van der Waals surface area contributed by atoms with Crippen LogP contribution in [0.5, 0.6) is 0 Å². The predicted octanol–water partition coefficient (Wildman–Crippen LogP) is 6.66. The Hall–Kier alpha value is -2.41. The second-order valence-corrected chi connectivity index (χ2v) is 6.94. The Balaban J connectivity index is 2.16. The summed E-state index contributed by atoms with van der Waals surface area (Å²) in [5.74, 6) is 1.06. The fourth-order valence-corrected chi connectivity index (χ4v) is 3.26. The van der Waals surface area contributed by atoms with E-state index in [1.54, 1.807) is 0 Å². The zero-order valence-electron chi connectivity index (χ0n) is 15.0. The molecule has 1 heterocycles. The molecule has 0 radical (unpaired) electrons. The van der Waals surface area contributed by atoms with Crippen LogP contribution < -0.4 is 0 Å². The van der Waals surface area contributed by atoms with Gasteiger partial charge in [-0.15, -0.1) is 0 Å². The van der Waals surface area contributed by atoms with E-state index >= 15 is 0 Å². The highest BCUT2D eigenvalue weighted by Gasteiger charge is 2.13. The highest BCUT2D eigenvalue weighted by molar-refractivity contribution is 5.83. The van der Waals surface area contributed by atoms with Gasteiger partial charge in [0.2, 0.25) is 0 Å². The van der Waals surface area contributed by atoms with Gasteiger partial charge in [0.15, 0.2) is 0 Å². The van der Waals surface area contributed by atoms with Gasteiger partial charge in [0.25, 0.3) is 0 Å². The van der Waals surface area contributed by atoms with Crippen molar-refractivity contribution in [2.75, 3.05) is 0 Å². The third-order valence-corrected chi connectivity index (χ3v) is 4.55. The van der Waals surface area contributed by atoms with Crippen LogP contribution >= 0.6 is 0 Å². The van der Waals surface area contributed by atoms with Gasteiger partial charge in [-0.05, 0) is 45.7 Å². The van der Waals surface area contributed by atoms with Crippen molar-refractivity contribution in [3.8, 4) is 22.3 Å². The summed E-state index contributed by atoms with van der Waals surface area (Å²) in [7, 11) is 0. The van der Waals surface area contributed by atoms with E-state index in [9.17, 15) is 0 Å². The zero-order chi connectivity index (χ0) is 17.1. The molecule has 2 aromatic carbocycles. The summed E-state index contributed by atoms with van der Waals surface area (Å²) in [6.07, 6.45) is 3.85. The minimum atomic E-state index is 0.518. The van der Waals surface area contributed by atoms with Gasteiger partial charge in [-0.2, -0.15) is 0 Å². The van der Waals surface area contributed by atoms with E-state index in [4.69, 9.17) is 0 Å². The molecule has 3 rings (SSSR count). The van der Waals surface area contributed by atoms with Crippen LogP contribution in [0, 0.1) is 0 Å². The number of hydrogen-bond donors (Lipinski definition) is 0. The minimum absolute atomic E-state index is 0.518. The highest BCUT2D eigenvalue weighted by atomic mass is 14.6. The van der Waals surface area contributed by atoms with Crippen molar-refractivity contribution >= 4 is 0 Å². The summed E-state index contributed by atoms with van der Waals surface area (Å²) in [6, 6.07) is 19.5. The Morgan fingerprint density at radius 1 is 0.667 bits per heavy atom. The maximum absolute atomic E-state index is 4.35. The molecule has 0 unspecified atom stereocenters. The quantitative estimate of drug-likeness (QED) is 0.524. The first-order chi connectivity index (χ1) is 11.6. The number of aromatic nitrogens is 1. The van der Waals surface area contributed by atoms with Crippen molar-refractivity contribution in [1.29, 1.82) is 0 Å². The Morgan fingerprint density at radius 2 is 1.38 bits per heavy atom. The molecule has 1 nitrogen and oxygen atoms in total. The van der Waals surface area contributed by atoms with Crippen LogP contribution in [0.2, 0.25) is 0 Å². The molecular weight excluding hydrogens is 290 g/mol. The molecule has 24 heavy (non-hydrogen) atoms. The van der Waals surface area contributed by atoms with Gasteiger partial charge in [-0.3, -0.25) is 4.98 Å². The molecule has 0 fully saturated rings. The lowest BCUT2D eigenvalue weighted by molar-refractivity contribution is 0.791. The first kappa shape index (κ1) is 16.4. The van der Waals surface area contributed by atoms with Crippen molar-refractivity contribution in [3.63, 3.8) is 0 Å². The fraction of sp³-hybridized carbons (Fsp3) is 0.261. The SMILES string of the molecule is CC(C)c1ccc(-c2ccncc2-c2ccccc2)cc1C(C)C. The normalized spacial score (nSPS) is 11.2. The van der Waals surface area contributed by atoms with E-state index in [0.29, 0.717) is 11.8 Å². The van der Waals surface area contributed by atoms with Gasteiger partial charge in [-0.1, -0.05) is 76.2 Å². The molecule has 0 bridgehead atoms. The van der Waals surface area contributed by atoms with E-state index < -0.39 is 0 Å². The van der Waals surface area contributed by atoms with Crippen LogP contribution in [0.3, 0.4) is 0 Å². The number of nitrogens with zero attached hydrogens (tertiary/aromatic N) is 1. The van der Waals surface area contributed by atoms with Crippen LogP contribution in [-0.2, 0) is 0 Å². The lowest BCUT2D eigenvalue weighted by atomic mass is 9.87. The summed E-state index contributed by atoms with van der Waals surface area (Å²) in [4.78, 5) is 4.35. The first-order valence-electron chi connectivity index (χ1n) is 8.71. The average molecular weight is 315 g/mol. The Bertz CT molecular complexity index is 816. The second kappa shape index (κ2) is 7.00. The molecule has 0 aliphatic carbocycles. The van der Waals surface area contributed by atoms with Gasteiger partial charge < -0.3 is 0 Å². The summed E-state index contributed by atoms with van der Waals surface area (Å²) >= 11 is 0. The molecule has 0 N–H and O–H groups in total. The Morgan fingerprint density at radius 3 is 2.04 bits per heavy atom. The van der Waals surface area contributed by atoms with Gasteiger partial charge in [0, 0.05) is 18.0 Å². The summed E-state index contributed by atoms with van der Waals surface area (Å²) in [5, 5.41) is 0. The first-order valence-corrected chi connectivity index (χ1v) is 8.71. The molecule has 0 amide bonds. The van der Waals surface area contributed by atoms with Crippen LogP contribution in [0.25, 0.3) is 22.3 Å². The summed E-state index contributed by atoms with van der Waals surface area (Å²) in [5.41, 5.74) is 7.80. The molecule has 1 aromatic heterocycles. The Kier molecular flexibility index (Phi) is 4.80. The third-order valence-electron chi connectivity index (χ3n) is 4.55. The van der Waals surface area contributed by atoms with Gasteiger partial charge in [0.1, 0.15) is 0 Å². The van der Waals surface area contributed by atoms with Gasteiger partial charge >= 0.3 is 0 Å². The molecule has 0 saturated heterocycles. The lowest BCUT2D eigenvalue weighted by Crippen LogP contribution is -1.99. The van der Waals surface area contributed by atoms with E-state index in [1.807, 2.05) is 18.5 Å². The molecule has 0 spiro atoms.